The Balaban J connectivity index is 1.59. The van der Waals surface area contributed by atoms with Gasteiger partial charge in [-0.05, 0) is 48.4 Å². The first-order valence-corrected chi connectivity index (χ1v) is 18.6. The SMILES string of the molecule is CCCCOc1nc(N)c2nc(O)n(Cc3ccc(NC(=O)[C@H](CCCNC(N)=O)NC(=O)[C@@H](NC(=O)COCCOCCOCCN=[N+]=[N-])C(C)C)cc3)c2n1. The molecule has 3 rings (SSSR count). The number of imidazole rings is 1. The summed E-state index contributed by atoms with van der Waals surface area (Å²) in [6.07, 6.45) is 2.17. The Bertz CT molecular complexity index is 1800. The number of fused-ring (bicyclic) bond motifs is 1. The highest BCUT2D eigenvalue weighted by molar-refractivity contribution is 5.98. The van der Waals surface area contributed by atoms with Crippen molar-refractivity contribution in [1.29, 1.82) is 0 Å². The van der Waals surface area contributed by atoms with E-state index in [1.165, 1.54) is 4.57 Å². The summed E-state index contributed by atoms with van der Waals surface area (Å²) in [5.41, 5.74) is 21.2. The van der Waals surface area contributed by atoms with E-state index in [-0.39, 0.29) is 88.4 Å². The topological polar surface area (TPSA) is 318 Å². The van der Waals surface area contributed by atoms with Crippen LogP contribution in [0.1, 0.15) is 52.0 Å². The molecule has 312 valence electrons. The van der Waals surface area contributed by atoms with Crippen LogP contribution in [0.25, 0.3) is 21.6 Å². The fourth-order valence-electron chi connectivity index (χ4n) is 5.17. The lowest BCUT2D eigenvalue weighted by atomic mass is 10.0. The fraction of sp³-hybridized carbons (Fsp3) is 0.571. The zero-order valence-electron chi connectivity index (χ0n) is 32.4. The molecule has 0 bridgehead atoms. The third kappa shape index (κ3) is 16.0. The van der Waals surface area contributed by atoms with Crippen molar-refractivity contribution in [2.24, 2.45) is 16.8 Å². The van der Waals surface area contributed by atoms with Crippen molar-refractivity contribution in [3.63, 3.8) is 0 Å². The summed E-state index contributed by atoms with van der Waals surface area (Å²) in [4.78, 5) is 66.1. The number of unbranched alkanes of at least 4 members (excludes halogenated alkanes) is 1. The molecule has 22 heteroatoms. The molecule has 0 radical (unpaired) electrons. The molecule has 0 saturated heterocycles. The van der Waals surface area contributed by atoms with E-state index in [1.807, 2.05) is 6.92 Å². The van der Waals surface area contributed by atoms with E-state index in [0.29, 0.717) is 31.0 Å². The third-order valence-corrected chi connectivity index (χ3v) is 8.12. The summed E-state index contributed by atoms with van der Waals surface area (Å²) in [5.74, 6) is -1.94. The molecule has 2 heterocycles. The van der Waals surface area contributed by atoms with Gasteiger partial charge in [0.2, 0.25) is 17.7 Å². The van der Waals surface area contributed by atoms with E-state index in [2.05, 4.69) is 46.2 Å². The molecule has 0 unspecified atom stereocenters. The Morgan fingerprint density at radius 3 is 2.32 bits per heavy atom. The van der Waals surface area contributed by atoms with Crippen LogP contribution >= 0.6 is 0 Å². The molecule has 5 amide bonds. The number of anilines is 2. The number of nitrogens with two attached hydrogens (primary N) is 2. The minimum Gasteiger partial charge on any atom is -0.480 e. The van der Waals surface area contributed by atoms with Gasteiger partial charge in [0.15, 0.2) is 17.0 Å². The molecule has 0 fully saturated rings. The first-order chi connectivity index (χ1) is 27.4. The van der Waals surface area contributed by atoms with Gasteiger partial charge in [-0.1, -0.05) is 44.4 Å². The molecule has 1 aromatic carbocycles. The number of ether oxygens (including phenoxy) is 4. The number of benzene rings is 1. The number of nitrogen functional groups attached to an aromatic ring is 1. The van der Waals surface area contributed by atoms with Crippen molar-refractivity contribution < 1.29 is 43.2 Å². The number of nitrogens with zero attached hydrogens (tertiary/aromatic N) is 7. The Morgan fingerprint density at radius 2 is 1.65 bits per heavy atom. The number of hydrogen-bond donors (Lipinski definition) is 7. The van der Waals surface area contributed by atoms with E-state index >= 15 is 0 Å². The first-order valence-electron chi connectivity index (χ1n) is 18.6. The van der Waals surface area contributed by atoms with Gasteiger partial charge in [-0.2, -0.15) is 15.0 Å². The maximum atomic E-state index is 13.5. The van der Waals surface area contributed by atoms with Crippen LogP contribution in [0.3, 0.4) is 0 Å². The summed E-state index contributed by atoms with van der Waals surface area (Å²) in [7, 11) is 0. The fourth-order valence-corrected chi connectivity index (χ4v) is 5.17. The van der Waals surface area contributed by atoms with Crippen molar-refractivity contribution >= 4 is 46.4 Å². The number of azide groups is 1. The second kappa shape index (κ2) is 24.5. The lowest BCUT2D eigenvalue weighted by Gasteiger charge is -2.25. The number of rotatable bonds is 27. The summed E-state index contributed by atoms with van der Waals surface area (Å²) < 4.78 is 23.0. The zero-order valence-corrected chi connectivity index (χ0v) is 32.4. The number of carbonyl (C=O) groups is 4. The molecule has 0 aliphatic heterocycles. The minimum atomic E-state index is -1.05. The third-order valence-electron chi connectivity index (χ3n) is 8.12. The highest BCUT2D eigenvalue weighted by atomic mass is 16.5. The molecule has 57 heavy (non-hydrogen) atoms. The largest absolute Gasteiger partial charge is 0.480 e. The van der Waals surface area contributed by atoms with Crippen molar-refractivity contribution in [3.05, 3.63) is 40.3 Å². The highest BCUT2D eigenvalue weighted by Gasteiger charge is 2.29. The van der Waals surface area contributed by atoms with Gasteiger partial charge in [-0.15, -0.1) is 0 Å². The second-order valence-electron chi connectivity index (χ2n) is 13.0. The number of hydrogen-bond acceptors (Lipinski definition) is 14. The van der Waals surface area contributed by atoms with Gasteiger partial charge in [0.1, 0.15) is 18.7 Å². The number of aromatic hydroxyl groups is 1. The summed E-state index contributed by atoms with van der Waals surface area (Å²) in [6.45, 7) is 7.36. The van der Waals surface area contributed by atoms with Crippen LogP contribution in [0.5, 0.6) is 12.0 Å². The van der Waals surface area contributed by atoms with E-state index in [4.69, 9.17) is 35.9 Å². The Labute approximate surface area is 329 Å². The number of carbonyl (C=O) groups excluding carboxylic acids is 4. The van der Waals surface area contributed by atoms with Gasteiger partial charge in [0, 0.05) is 23.7 Å². The Morgan fingerprint density at radius 1 is 0.947 bits per heavy atom. The summed E-state index contributed by atoms with van der Waals surface area (Å²) in [6, 6.07) is 3.78. The van der Waals surface area contributed by atoms with Crippen molar-refractivity contribution in [3.8, 4) is 12.0 Å². The lowest BCUT2D eigenvalue weighted by molar-refractivity contribution is -0.134. The first kappa shape index (κ1) is 45.4. The van der Waals surface area contributed by atoms with Crippen LogP contribution in [-0.2, 0) is 35.1 Å². The smallest absolute Gasteiger partial charge is 0.320 e. The molecule has 0 spiro atoms. The number of urea groups is 1. The monoisotopic (exact) mass is 799 g/mol. The van der Waals surface area contributed by atoms with Gasteiger partial charge in [0.25, 0.3) is 6.01 Å². The van der Waals surface area contributed by atoms with Crippen LogP contribution in [0, 0.1) is 5.92 Å². The van der Waals surface area contributed by atoms with E-state index < -0.39 is 35.8 Å². The van der Waals surface area contributed by atoms with E-state index in [9.17, 15) is 24.3 Å². The highest BCUT2D eigenvalue weighted by Crippen LogP contribution is 2.26. The summed E-state index contributed by atoms with van der Waals surface area (Å²) >= 11 is 0. The Hall–Kier alpha value is -5.96. The van der Waals surface area contributed by atoms with Gasteiger partial charge in [-0.3, -0.25) is 19.0 Å². The quantitative estimate of drug-likeness (QED) is 0.0250. The molecule has 0 aliphatic rings. The van der Waals surface area contributed by atoms with Gasteiger partial charge in [-0.25, -0.2) is 4.79 Å². The van der Waals surface area contributed by atoms with Gasteiger partial charge in [0.05, 0.1) is 46.2 Å². The maximum absolute atomic E-state index is 13.5. The maximum Gasteiger partial charge on any atom is 0.320 e. The molecule has 2 aromatic heterocycles. The van der Waals surface area contributed by atoms with Crippen LogP contribution in [0.2, 0.25) is 0 Å². The van der Waals surface area contributed by atoms with Gasteiger partial charge >= 0.3 is 12.0 Å². The molecule has 22 nitrogen and oxygen atoms in total. The number of aromatic nitrogens is 4. The molecule has 0 saturated carbocycles. The van der Waals surface area contributed by atoms with Crippen molar-refractivity contribution in [2.45, 2.75) is 65.1 Å². The zero-order chi connectivity index (χ0) is 41.6. The number of primary amides is 1. The minimum absolute atomic E-state index is 0.0691. The second-order valence-corrected chi connectivity index (χ2v) is 13.0. The summed E-state index contributed by atoms with van der Waals surface area (Å²) in [5, 5.41) is 24.6. The van der Waals surface area contributed by atoms with E-state index in [1.54, 1.807) is 38.1 Å². The number of amides is 5. The number of nitrogens with one attached hydrogen (secondary N) is 4. The van der Waals surface area contributed by atoms with E-state index in [0.717, 1.165) is 18.4 Å². The van der Waals surface area contributed by atoms with Crippen molar-refractivity contribution in [2.75, 3.05) is 70.4 Å². The predicted molar refractivity (Wildman–Crippen MR) is 208 cm³/mol. The molecular formula is C35H53N13O9. The average Bonchev–Trinajstić information content (AvgIpc) is 3.49. The lowest BCUT2D eigenvalue weighted by Crippen LogP contribution is -2.55. The predicted octanol–water partition coefficient (Wildman–Crippen LogP) is 1.71. The molecule has 2 atom stereocenters. The standard InChI is InChI=1S/C35H53N13O9/c1-4-5-14-57-34-45-29(36)28-30(46-34)48(35(53)44-28)20-23-8-10-24(11-9-23)41-31(50)25(7-6-12-39-33(37)52)42-32(51)27(22(2)3)43-26(49)21-56-19-18-55-17-16-54-15-13-40-47-38/h8-11,22,25,27H,4-7,12-21H2,1-3H3,(H,41,50)(H,42,51)(H,43,49)(H,44,53)(H2,36,45,46)(H3,37,39,52)/t25-,27-/m0/s1. The normalized spacial score (nSPS) is 12.1. The van der Waals surface area contributed by atoms with Gasteiger partial charge < -0.3 is 56.8 Å². The van der Waals surface area contributed by atoms with Crippen LogP contribution < -0.4 is 37.5 Å². The van der Waals surface area contributed by atoms with Crippen molar-refractivity contribution in [1.82, 2.24) is 35.5 Å². The Kier molecular flexibility index (Phi) is 19.6. The average molecular weight is 800 g/mol. The molecule has 9 N–H and O–H groups in total. The molecule has 0 aliphatic carbocycles. The van der Waals surface area contributed by atoms with Crippen LogP contribution in [0.4, 0.5) is 16.3 Å². The molecule has 3 aromatic rings. The molecular weight excluding hydrogens is 746 g/mol. The van der Waals surface area contributed by atoms with Crippen LogP contribution in [0.15, 0.2) is 29.4 Å². The van der Waals surface area contributed by atoms with Crippen LogP contribution in [-0.4, -0.2) is 120 Å².